The van der Waals surface area contributed by atoms with Crippen molar-refractivity contribution in [1.82, 2.24) is 0 Å². The largest absolute Gasteiger partial charge is 0.492 e. The van der Waals surface area contributed by atoms with Crippen molar-refractivity contribution in [2.45, 2.75) is 65.1 Å². The first-order chi connectivity index (χ1) is 20.7. The molecular formula is C35H35F5O3. The van der Waals surface area contributed by atoms with Crippen LogP contribution in [-0.2, 0) is 15.9 Å². The molecule has 0 aliphatic carbocycles. The number of rotatable bonds is 10. The fourth-order valence-corrected chi connectivity index (χ4v) is 4.70. The van der Waals surface area contributed by atoms with Gasteiger partial charge in [0.1, 0.15) is 23.2 Å². The Labute approximate surface area is 249 Å². The Morgan fingerprint density at radius 2 is 1.53 bits per heavy atom. The lowest BCUT2D eigenvalue weighted by atomic mass is 9.98. The van der Waals surface area contributed by atoms with Crippen molar-refractivity contribution in [3.63, 3.8) is 0 Å². The number of hydrogen-bond acceptors (Lipinski definition) is 3. The number of hydrogen-bond donors (Lipinski definition) is 0. The normalized spacial score (nSPS) is 17.2. The monoisotopic (exact) mass is 598 g/mol. The summed E-state index contributed by atoms with van der Waals surface area (Å²) in [5.41, 5.74) is 0.837. The van der Waals surface area contributed by atoms with Crippen LogP contribution in [0, 0.1) is 36.2 Å². The molecule has 0 radical (unpaired) electrons. The van der Waals surface area contributed by atoms with E-state index >= 15 is 0 Å². The predicted octanol–water partition coefficient (Wildman–Crippen LogP) is 9.21. The highest BCUT2D eigenvalue weighted by atomic mass is 19.2. The van der Waals surface area contributed by atoms with Gasteiger partial charge in [0.15, 0.2) is 11.7 Å². The Balaban J connectivity index is 1.41. The van der Waals surface area contributed by atoms with E-state index in [4.69, 9.17) is 14.2 Å². The molecule has 3 aromatic carbocycles. The van der Waals surface area contributed by atoms with Crippen molar-refractivity contribution in [3.05, 3.63) is 99.4 Å². The van der Waals surface area contributed by atoms with Crippen LogP contribution in [0.5, 0.6) is 5.75 Å². The number of ether oxygens (including phenoxy) is 3. The van der Waals surface area contributed by atoms with E-state index in [1.165, 1.54) is 18.2 Å². The van der Waals surface area contributed by atoms with Crippen LogP contribution in [0.15, 0.2) is 48.5 Å². The molecule has 0 aromatic heterocycles. The second kappa shape index (κ2) is 15.2. The van der Waals surface area contributed by atoms with Crippen molar-refractivity contribution in [3.8, 4) is 17.6 Å². The van der Waals surface area contributed by atoms with Gasteiger partial charge in [-0.2, -0.15) is 0 Å². The van der Waals surface area contributed by atoms with Crippen LogP contribution in [0.1, 0.15) is 78.8 Å². The molecule has 0 amide bonds. The zero-order valence-corrected chi connectivity index (χ0v) is 24.5. The third-order valence-corrected chi connectivity index (χ3v) is 7.16. The van der Waals surface area contributed by atoms with Crippen LogP contribution in [0.25, 0.3) is 11.7 Å². The maximum absolute atomic E-state index is 15.0. The molecule has 1 aliphatic heterocycles. The van der Waals surface area contributed by atoms with E-state index < -0.39 is 35.1 Å². The van der Waals surface area contributed by atoms with Crippen molar-refractivity contribution in [2.24, 2.45) is 0 Å². The summed E-state index contributed by atoms with van der Waals surface area (Å²) in [6, 6.07) is 10.9. The minimum atomic E-state index is -1.59. The summed E-state index contributed by atoms with van der Waals surface area (Å²) >= 11 is 0. The molecule has 43 heavy (non-hydrogen) atoms. The third-order valence-electron chi connectivity index (χ3n) is 7.16. The molecule has 0 N–H and O–H groups in total. The highest BCUT2D eigenvalue weighted by molar-refractivity contribution is 5.83. The van der Waals surface area contributed by atoms with E-state index in [0.29, 0.717) is 35.5 Å². The van der Waals surface area contributed by atoms with Crippen LogP contribution >= 0.6 is 0 Å². The Kier molecular flexibility index (Phi) is 11.4. The molecule has 0 unspecified atom stereocenters. The van der Waals surface area contributed by atoms with Gasteiger partial charge in [-0.15, -0.1) is 0 Å². The molecular weight excluding hydrogens is 563 g/mol. The van der Waals surface area contributed by atoms with E-state index in [1.54, 1.807) is 25.1 Å². The smallest absolute Gasteiger partial charge is 0.222 e. The molecule has 0 bridgehead atoms. The van der Waals surface area contributed by atoms with Gasteiger partial charge < -0.3 is 14.2 Å². The molecule has 1 aliphatic rings. The molecule has 8 heteroatoms. The van der Waals surface area contributed by atoms with Crippen LogP contribution in [0.2, 0.25) is 0 Å². The number of halogens is 5. The fourth-order valence-electron chi connectivity index (χ4n) is 4.70. The third kappa shape index (κ3) is 8.25. The standard InChI is InChI=1S/C35H35F5O3/c1-4-6-7-8-23-17-29(37)33(30(38)18-23)35(40)34(39)25-11-9-24(10-12-25)27-20-42-32(43-21-27)14-13-26-19-28(36)22(3)16-31(26)41-15-5-2/h9-12,16-19,27,32H,4-8,15,20-21H2,1-3H3/b35-34+. The second-order valence-corrected chi connectivity index (χ2v) is 10.6. The van der Waals surface area contributed by atoms with Crippen LogP contribution in [0.3, 0.4) is 0 Å². The Bertz CT molecular complexity index is 1470. The summed E-state index contributed by atoms with van der Waals surface area (Å²) in [4.78, 5) is 0. The molecule has 1 fully saturated rings. The number of benzene rings is 3. The van der Waals surface area contributed by atoms with E-state index in [-0.39, 0.29) is 30.5 Å². The van der Waals surface area contributed by atoms with Gasteiger partial charge in [-0.3, -0.25) is 0 Å². The summed E-state index contributed by atoms with van der Waals surface area (Å²) in [6.07, 6.45) is 3.03. The van der Waals surface area contributed by atoms with Gasteiger partial charge in [-0.1, -0.05) is 56.9 Å². The van der Waals surface area contributed by atoms with Crippen LogP contribution in [-0.4, -0.2) is 26.1 Å². The van der Waals surface area contributed by atoms with E-state index in [1.807, 2.05) is 13.8 Å². The first kappa shape index (κ1) is 32.2. The summed E-state index contributed by atoms with van der Waals surface area (Å²) in [7, 11) is 0. The second-order valence-electron chi connectivity index (χ2n) is 10.6. The first-order valence-electron chi connectivity index (χ1n) is 14.5. The maximum atomic E-state index is 15.0. The summed E-state index contributed by atoms with van der Waals surface area (Å²) < 4.78 is 90.4. The molecule has 0 atom stereocenters. The van der Waals surface area contributed by atoms with Crippen molar-refractivity contribution in [1.29, 1.82) is 0 Å². The molecule has 0 saturated carbocycles. The van der Waals surface area contributed by atoms with Crippen molar-refractivity contribution < 1.29 is 36.2 Å². The van der Waals surface area contributed by atoms with E-state index in [9.17, 15) is 22.0 Å². The van der Waals surface area contributed by atoms with Gasteiger partial charge in [-0.05, 0) is 73.1 Å². The highest BCUT2D eigenvalue weighted by Crippen LogP contribution is 2.34. The van der Waals surface area contributed by atoms with Gasteiger partial charge in [0, 0.05) is 11.5 Å². The van der Waals surface area contributed by atoms with Gasteiger partial charge in [0.25, 0.3) is 0 Å². The van der Waals surface area contributed by atoms with Crippen molar-refractivity contribution >= 4 is 11.7 Å². The lowest BCUT2D eigenvalue weighted by Gasteiger charge is -2.27. The minimum absolute atomic E-state index is 0.153. The van der Waals surface area contributed by atoms with Gasteiger partial charge >= 0.3 is 0 Å². The molecule has 228 valence electrons. The van der Waals surface area contributed by atoms with Crippen LogP contribution < -0.4 is 4.74 Å². The molecule has 0 spiro atoms. The molecule has 3 aromatic rings. The Morgan fingerprint density at radius 1 is 0.860 bits per heavy atom. The van der Waals surface area contributed by atoms with Gasteiger partial charge in [-0.25, -0.2) is 22.0 Å². The van der Waals surface area contributed by atoms with Gasteiger partial charge in [0.05, 0.1) is 30.9 Å². The van der Waals surface area contributed by atoms with E-state index in [0.717, 1.165) is 43.4 Å². The zero-order valence-electron chi connectivity index (χ0n) is 24.5. The number of aryl methyl sites for hydroxylation is 2. The zero-order chi connectivity index (χ0) is 30.9. The average molecular weight is 599 g/mol. The fraction of sp³-hybridized carbons (Fsp3) is 0.371. The van der Waals surface area contributed by atoms with Gasteiger partial charge in [0.2, 0.25) is 6.29 Å². The summed E-state index contributed by atoms with van der Waals surface area (Å²) in [5.74, 6) is 0.400. The molecule has 3 nitrogen and oxygen atoms in total. The lowest BCUT2D eigenvalue weighted by molar-refractivity contribution is -0.153. The van der Waals surface area contributed by atoms with Crippen molar-refractivity contribution in [2.75, 3.05) is 19.8 Å². The molecule has 1 heterocycles. The predicted molar refractivity (Wildman–Crippen MR) is 157 cm³/mol. The lowest BCUT2D eigenvalue weighted by Crippen LogP contribution is -2.29. The average Bonchev–Trinajstić information content (AvgIpc) is 3.00. The Hall–Kier alpha value is -3.67. The topological polar surface area (TPSA) is 27.7 Å². The first-order valence-corrected chi connectivity index (χ1v) is 14.5. The molecule has 4 rings (SSSR count). The molecule has 1 saturated heterocycles. The quantitative estimate of drug-likeness (QED) is 0.101. The van der Waals surface area contributed by atoms with E-state index in [2.05, 4.69) is 11.8 Å². The summed E-state index contributed by atoms with van der Waals surface area (Å²) in [6.45, 7) is 6.60. The minimum Gasteiger partial charge on any atom is -0.492 e. The SMILES string of the molecule is CCCCCc1cc(F)c(/C(F)=C(\F)c2ccc(C3COC(C#Cc4cc(F)c(C)cc4OCCC)OC3)cc2)c(F)c1. The Morgan fingerprint density at radius 3 is 2.16 bits per heavy atom. The van der Waals surface area contributed by atoms with Crippen LogP contribution in [0.4, 0.5) is 22.0 Å². The summed E-state index contributed by atoms with van der Waals surface area (Å²) in [5, 5.41) is 0. The maximum Gasteiger partial charge on any atom is 0.222 e. The number of unbranched alkanes of at least 4 members (excludes halogenated alkanes) is 2. The highest BCUT2D eigenvalue weighted by Gasteiger charge is 2.24.